The summed E-state index contributed by atoms with van der Waals surface area (Å²) < 4.78 is 38.7. The largest absolute Gasteiger partial charge is 0.405 e. The van der Waals surface area contributed by atoms with Crippen LogP contribution in [0.15, 0.2) is 22.7 Å². The van der Waals surface area contributed by atoms with Crippen molar-refractivity contribution in [3.05, 3.63) is 28.2 Å². The first-order valence-corrected chi connectivity index (χ1v) is 7.34. The SMILES string of the molecule is CC(C)N(CC(F)(F)F)c1ccc(Br)cc1CBr. The molecule has 0 amide bonds. The van der Waals surface area contributed by atoms with Gasteiger partial charge >= 0.3 is 6.18 Å². The topological polar surface area (TPSA) is 3.24 Å². The first kappa shape index (κ1) is 15.8. The van der Waals surface area contributed by atoms with Gasteiger partial charge in [-0.15, -0.1) is 0 Å². The predicted molar refractivity (Wildman–Crippen MR) is 75.3 cm³/mol. The Labute approximate surface area is 122 Å². The highest BCUT2D eigenvalue weighted by Gasteiger charge is 2.32. The molecule has 0 spiro atoms. The highest BCUT2D eigenvalue weighted by molar-refractivity contribution is 9.10. The zero-order chi connectivity index (χ0) is 13.9. The molecule has 0 radical (unpaired) electrons. The molecule has 0 aromatic heterocycles. The number of nitrogens with zero attached hydrogens (tertiary/aromatic N) is 1. The summed E-state index contributed by atoms with van der Waals surface area (Å²) in [6.07, 6.45) is -4.21. The Kier molecular flexibility index (Phi) is 5.52. The van der Waals surface area contributed by atoms with Crippen LogP contribution in [0.25, 0.3) is 0 Å². The third kappa shape index (κ3) is 4.46. The zero-order valence-corrected chi connectivity index (χ0v) is 13.2. The summed E-state index contributed by atoms with van der Waals surface area (Å²) in [5, 5.41) is 0.517. The molecule has 1 aromatic rings. The molecule has 0 unspecified atom stereocenters. The quantitative estimate of drug-likeness (QED) is 0.647. The Balaban J connectivity index is 3.13. The van der Waals surface area contributed by atoms with E-state index in [4.69, 9.17) is 0 Å². The lowest BCUT2D eigenvalue weighted by atomic mass is 10.1. The van der Waals surface area contributed by atoms with Gasteiger partial charge in [0.2, 0.25) is 0 Å². The number of rotatable bonds is 4. The fourth-order valence-corrected chi connectivity index (χ4v) is 2.54. The monoisotopic (exact) mass is 387 g/mol. The van der Waals surface area contributed by atoms with E-state index in [9.17, 15) is 13.2 Å². The van der Waals surface area contributed by atoms with Crippen LogP contribution in [0.2, 0.25) is 0 Å². The van der Waals surface area contributed by atoms with Crippen molar-refractivity contribution in [2.45, 2.75) is 31.4 Å². The van der Waals surface area contributed by atoms with E-state index in [0.717, 1.165) is 10.0 Å². The molecule has 1 aromatic carbocycles. The van der Waals surface area contributed by atoms with E-state index >= 15 is 0 Å². The summed E-state index contributed by atoms with van der Waals surface area (Å²) in [4.78, 5) is 1.36. The average molecular weight is 389 g/mol. The molecule has 0 heterocycles. The van der Waals surface area contributed by atoms with E-state index in [1.807, 2.05) is 6.07 Å². The molecule has 0 aliphatic rings. The molecule has 0 atom stereocenters. The number of anilines is 1. The van der Waals surface area contributed by atoms with Gasteiger partial charge < -0.3 is 4.90 Å². The molecule has 1 nitrogen and oxygen atoms in total. The molecular formula is C12H14Br2F3N. The standard InChI is InChI=1S/C12H14Br2F3N/c1-8(2)18(7-12(15,16)17)11-4-3-10(14)5-9(11)6-13/h3-5,8H,6-7H2,1-2H3. The number of hydrogen-bond donors (Lipinski definition) is 0. The molecule has 0 saturated heterocycles. The summed E-state index contributed by atoms with van der Waals surface area (Å²) in [6.45, 7) is 2.57. The van der Waals surface area contributed by atoms with Gasteiger partial charge in [0.1, 0.15) is 6.54 Å². The van der Waals surface area contributed by atoms with Crippen LogP contribution < -0.4 is 4.90 Å². The molecule has 0 aliphatic carbocycles. The second-order valence-corrected chi connectivity index (χ2v) is 5.72. The third-order valence-electron chi connectivity index (χ3n) is 2.47. The molecule has 0 fully saturated rings. The highest BCUT2D eigenvalue weighted by atomic mass is 79.9. The van der Waals surface area contributed by atoms with Gasteiger partial charge in [0.05, 0.1) is 0 Å². The molecule has 0 saturated carbocycles. The maximum absolute atomic E-state index is 12.6. The van der Waals surface area contributed by atoms with Crippen molar-refractivity contribution in [1.82, 2.24) is 0 Å². The number of benzene rings is 1. The molecule has 0 aliphatic heterocycles. The first-order valence-electron chi connectivity index (χ1n) is 5.42. The lowest BCUT2D eigenvalue weighted by Gasteiger charge is -2.31. The van der Waals surface area contributed by atoms with Crippen LogP contribution in [0.5, 0.6) is 0 Å². The van der Waals surface area contributed by atoms with Crippen LogP contribution in [0, 0.1) is 0 Å². The van der Waals surface area contributed by atoms with Crippen molar-refractivity contribution in [2.24, 2.45) is 0 Å². The van der Waals surface area contributed by atoms with E-state index in [1.54, 1.807) is 26.0 Å². The van der Waals surface area contributed by atoms with Gasteiger partial charge in [-0.05, 0) is 37.6 Å². The van der Waals surface area contributed by atoms with Crippen LogP contribution in [-0.4, -0.2) is 18.8 Å². The smallest absolute Gasteiger partial charge is 0.360 e. The Morgan fingerprint density at radius 1 is 1.28 bits per heavy atom. The van der Waals surface area contributed by atoms with E-state index in [2.05, 4.69) is 31.9 Å². The van der Waals surface area contributed by atoms with Gasteiger partial charge in [-0.3, -0.25) is 0 Å². The molecule has 0 N–H and O–H groups in total. The Bertz CT molecular complexity index is 405. The Hall–Kier alpha value is -0.230. The molecular weight excluding hydrogens is 375 g/mol. The van der Waals surface area contributed by atoms with Crippen molar-refractivity contribution in [3.8, 4) is 0 Å². The van der Waals surface area contributed by atoms with Gasteiger partial charge in [0.25, 0.3) is 0 Å². The van der Waals surface area contributed by atoms with E-state index in [-0.39, 0.29) is 6.04 Å². The maximum Gasteiger partial charge on any atom is 0.405 e. The zero-order valence-electron chi connectivity index (χ0n) is 10.1. The van der Waals surface area contributed by atoms with Gasteiger partial charge in [0, 0.05) is 21.5 Å². The van der Waals surface area contributed by atoms with Crippen LogP contribution in [0.1, 0.15) is 19.4 Å². The summed E-state index contributed by atoms with van der Waals surface area (Å²) in [6, 6.07) is 5.08. The minimum Gasteiger partial charge on any atom is -0.360 e. The molecule has 1 rings (SSSR count). The lowest BCUT2D eigenvalue weighted by molar-refractivity contribution is -0.120. The van der Waals surface area contributed by atoms with Gasteiger partial charge in [-0.25, -0.2) is 0 Å². The van der Waals surface area contributed by atoms with Crippen molar-refractivity contribution in [1.29, 1.82) is 0 Å². The summed E-state index contributed by atoms with van der Waals surface area (Å²) in [5.74, 6) is 0. The molecule has 102 valence electrons. The summed E-state index contributed by atoms with van der Waals surface area (Å²) in [7, 11) is 0. The van der Waals surface area contributed by atoms with Crippen LogP contribution in [0.3, 0.4) is 0 Å². The Morgan fingerprint density at radius 3 is 2.33 bits per heavy atom. The van der Waals surface area contributed by atoms with Crippen LogP contribution in [0.4, 0.5) is 18.9 Å². The minimum atomic E-state index is -4.21. The predicted octanol–water partition coefficient (Wildman–Crippen LogP) is 5.12. The van der Waals surface area contributed by atoms with Gasteiger partial charge in [-0.1, -0.05) is 31.9 Å². The normalized spacial score (nSPS) is 12.0. The second-order valence-electron chi connectivity index (χ2n) is 4.24. The minimum absolute atomic E-state index is 0.217. The number of halogens is 5. The van der Waals surface area contributed by atoms with Crippen molar-refractivity contribution < 1.29 is 13.2 Å². The second kappa shape index (κ2) is 6.28. The maximum atomic E-state index is 12.6. The van der Waals surface area contributed by atoms with Gasteiger partial charge in [0.15, 0.2) is 0 Å². The fourth-order valence-electron chi connectivity index (χ4n) is 1.68. The molecule has 0 bridgehead atoms. The first-order chi connectivity index (χ1) is 8.24. The number of hydrogen-bond acceptors (Lipinski definition) is 1. The van der Waals surface area contributed by atoms with Crippen molar-refractivity contribution >= 4 is 37.5 Å². The number of alkyl halides is 4. The van der Waals surface area contributed by atoms with E-state index in [1.165, 1.54) is 4.90 Å². The van der Waals surface area contributed by atoms with Crippen LogP contribution >= 0.6 is 31.9 Å². The van der Waals surface area contributed by atoms with Crippen LogP contribution in [-0.2, 0) is 5.33 Å². The summed E-state index contributed by atoms with van der Waals surface area (Å²) >= 11 is 6.63. The molecule has 6 heteroatoms. The van der Waals surface area contributed by atoms with E-state index in [0.29, 0.717) is 11.0 Å². The third-order valence-corrected chi connectivity index (χ3v) is 3.57. The summed E-state index contributed by atoms with van der Waals surface area (Å²) in [5.41, 5.74) is 1.45. The van der Waals surface area contributed by atoms with Crippen molar-refractivity contribution in [3.63, 3.8) is 0 Å². The lowest BCUT2D eigenvalue weighted by Crippen LogP contribution is -2.39. The fraction of sp³-hybridized carbons (Fsp3) is 0.500. The van der Waals surface area contributed by atoms with Gasteiger partial charge in [-0.2, -0.15) is 13.2 Å². The van der Waals surface area contributed by atoms with E-state index < -0.39 is 12.7 Å². The average Bonchev–Trinajstić information content (AvgIpc) is 2.24. The van der Waals surface area contributed by atoms with Crippen molar-refractivity contribution in [2.75, 3.05) is 11.4 Å². The highest BCUT2D eigenvalue weighted by Crippen LogP contribution is 2.30. The molecule has 18 heavy (non-hydrogen) atoms. The Morgan fingerprint density at radius 2 is 1.89 bits per heavy atom.